The van der Waals surface area contributed by atoms with Crippen LogP contribution >= 0.6 is 0 Å². The lowest BCUT2D eigenvalue weighted by atomic mass is 9.63. The fourth-order valence-corrected chi connectivity index (χ4v) is 4.86. The maximum atomic E-state index is 13.8. The zero-order chi connectivity index (χ0) is 29.3. The minimum absolute atomic E-state index is 0.0331. The molecule has 2 aromatic rings. The number of aromatic nitrogens is 2. The van der Waals surface area contributed by atoms with Crippen LogP contribution in [0.5, 0.6) is 0 Å². The van der Waals surface area contributed by atoms with Crippen LogP contribution in [-0.2, 0) is 34.9 Å². The summed E-state index contributed by atoms with van der Waals surface area (Å²) in [6, 6.07) is 8.21. The lowest BCUT2D eigenvalue weighted by Crippen LogP contribution is -2.56. The maximum absolute atomic E-state index is 13.8. The van der Waals surface area contributed by atoms with Gasteiger partial charge < -0.3 is 19.7 Å². The zero-order valence-electron chi connectivity index (χ0n) is 22.9. The number of carboxylic acid groups (broad SMARTS) is 1. The Hall–Kier alpha value is -3.93. The van der Waals surface area contributed by atoms with Gasteiger partial charge in [0.1, 0.15) is 11.3 Å². The molecule has 1 aliphatic rings. The van der Waals surface area contributed by atoms with Crippen LogP contribution in [-0.4, -0.2) is 63.2 Å². The van der Waals surface area contributed by atoms with Crippen molar-refractivity contribution in [3.63, 3.8) is 0 Å². The minimum atomic E-state index is -1.87. The topological polar surface area (TPSA) is 162 Å². The second-order valence-corrected chi connectivity index (χ2v) is 10.4. The fourth-order valence-electron chi connectivity index (χ4n) is 4.86. The first-order valence-corrected chi connectivity index (χ1v) is 13.3. The highest BCUT2D eigenvalue weighted by atomic mass is 16.6. The molecule has 3 atom stereocenters. The van der Waals surface area contributed by atoms with Gasteiger partial charge in [0.05, 0.1) is 25.1 Å². The van der Waals surface area contributed by atoms with Crippen molar-refractivity contribution >= 4 is 36.5 Å². The van der Waals surface area contributed by atoms with Gasteiger partial charge in [-0.1, -0.05) is 51.1 Å². The molecule has 0 radical (unpaired) electrons. The van der Waals surface area contributed by atoms with Gasteiger partial charge in [-0.2, -0.15) is 0 Å². The Morgan fingerprint density at radius 3 is 2.48 bits per heavy atom. The molecule has 0 unspecified atom stereocenters. The summed E-state index contributed by atoms with van der Waals surface area (Å²) in [4.78, 5) is 71.7. The largest absolute Gasteiger partial charge is 0.531 e. The molecule has 1 aliphatic heterocycles. The number of amides is 1. The van der Waals surface area contributed by atoms with E-state index >= 15 is 0 Å². The number of nitrogens with zero attached hydrogens (tertiary/aromatic N) is 2. The molecule has 0 aliphatic carbocycles. The van der Waals surface area contributed by atoms with E-state index in [9.17, 15) is 29.1 Å². The van der Waals surface area contributed by atoms with Crippen molar-refractivity contribution in [1.29, 1.82) is 0 Å². The molecular formula is C28H34BN3O8. The summed E-state index contributed by atoms with van der Waals surface area (Å²) in [7, 11) is -1.31. The van der Waals surface area contributed by atoms with E-state index in [4.69, 9.17) is 9.31 Å². The molecule has 3 rings (SSSR count). The Bertz CT molecular complexity index is 1210. The highest BCUT2D eigenvalue weighted by Crippen LogP contribution is 2.37. The summed E-state index contributed by atoms with van der Waals surface area (Å²) in [5.74, 6) is -4.15. The molecule has 2 heterocycles. The molecule has 212 valence electrons. The van der Waals surface area contributed by atoms with E-state index in [0.717, 1.165) is 5.56 Å². The molecule has 0 saturated carbocycles. The van der Waals surface area contributed by atoms with Crippen LogP contribution in [0.1, 0.15) is 68.9 Å². The first-order chi connectivity index (χ1) is 19.0. The van der Waals surface area contributed by atoms with Gasteiger partial charge in [0.25, 0.3) is 11.9 Å². The molecule has 1 fully saturated rings. The van der Waals surface area contributed by atoms with Gasteiger partial charge in [0.15, 0.2) is 11.6 Å². The van der Waals surface area contributed by atoms with Crippen molar-refractivity contribution in [2.75, 3.05) is 0 Å². The van der Waals surface area contributed by atoms with Crippen molar-refractivity contribution in [2.24, 2.45) is 5.92 Å². The molecular weight excluding hydrogens is 517 g/mol. The predicted octanol–water partition coefficient (Wildman–Crippen LogP) is 2.84. The van der Waals surface area contributed by atoms with Crippen LogP contribution in [0.4, 0.5) is 0 Å². The van der Waals surface area contributed by atoms with E-state index in [0.29, 0.717) is 6.42 Å². The molecule has 1 aromatic carbocycles. The molecule has 2 N–H and O–H groups in total. The molecule has 40 heavy (non-hydrogen) atoms. The first-order valence-electron chi connectivity index (χ1n) is 13.3. The molecule has 11 nitrogen and oxygen atoms in total. The summed E-state index contributed by atoms with van der Waals surface area (Å²) in [6.45, 7) is 5.40. The van der Waals surface area contributed by atoms with Gasteiger partial charge in [-0.05, 0) is 24.3 Å². The van der Waals surface area contributed by atoms with E-state index in [1.165, 1.54) is 18.6 Å². The van der Waals surface area contributed by atoms with Gasteiger partial charge in [0, 0.05) is 31.1 Å². The first kappa shape index (κ1) is 30.6. The third-order valence-corrected chi connectivity index (χ3v) is 6.68. The highest BCUT2D eigenvalue weighted by molar-refractivity contribution is 6.50. The van der Waals surface area contributed by atoms with Crippen LogP contribution in [0, 0.1) is 5.92 Å². The van der Waals surface area contributed by atoms with Crippen molar-refractivity contribution in [2.45, 2.75) is 76.8 Å². The summed E-state index contributed by atoms with van der Waals surface area (Å²) < 4.78 is 11.5. The number of carbonyl (C=O) groups excluding carboxylic acids is 4. The van der Waals surface area contributed by atoms with Crippen LogP contribution in [0.3, 0.4) is 0 Å². The molecule has 0 spiro atoms. The molecule has 12 heteroatoms. The number of carboxylic acids is 1. The quantitative estimate of drug-likeness (QED) is 0.334. The molecule has 1 aromatic heterocycles. The van der Waals surface area contributed by atoms with Crippen molar-refractivity contribution in [1.82, 2.24) is 15.3 Å². The number of ketones is 2. The number of carbonyl (C=O) groups is 5. The van der Waals surface area contributed by atoms with E-state index < -0.39 is 61.0 Å². The average molecular weight is 551 g/mol. The van der Waals surface area contributed by atoms with Gasteiger partial charge in [-0.25, -0.2) is 4.98 Å². The van der Waals surface area contributed by atoms with Crippen molar-refractivity contribution < 1.29 is 38.4 Å². The summed E-state index contributed by atoms with van der Waals surface area (Å²) in [5, 5.41) is 12.2. The van der Waals surface area contributed by atoms with Gasteiger partial charge in [-0.15, -0.1) is 0 Å². The van der Waals surface area contributed by atoms with Crippen molar-refractivity contribution in [3.8, 4) is 0 Å². The summed E-state index contributed by atoms with van der Waals surface area (Å²) >= 11 is 0. The third-order valence-electron chi connectivity index (χ3n) is 6.68. The number of benzene rings is 1. The number of aliphatic carboxylic acids is 1. The summed E-state index contributed by atoms with van der Waals surface area (Å²) in [5.41, 5.74) is -1.01. The van der Waals surface area contributed by atoms with Gasteiger partial charge in [0.2, 0.25) is 0 Å². The summed E-state index contributed by atoms with van der Waals surface area (Å²) in [6.07, 6.45) is 3.27. The smallest absolute Gasteiger partial charge is 0.509 e. The van der Waals surface area contributed by atoms with Crippen molar-refractivity contribution in [3.05, 3.63) is 60.2 Å². The lowest BCUT2D eigenvalue weighted by molar-refractivity contribution is -0.163. The lowest BCUT2D eigenvalue weighted by Gasteiger charge is -2.39. The van der Waals surface area contributed by atoms with E-state index in [2.05, 4.69) is 15.3 Å². The van der Waals surface area contributed by atoms with Gasteiger partial charge in [-0.3, -0.25) is 29.0 Å². The van der Waals surface area contributed by atoms with E-state index in [1.807, 2.05) is 44.2 Å². The Kier molecular flexibility index (Phi) is 10.7. The number of hydrogen-bond acceptors (Lipinski definition) is 9. The van der Waals surface area contributed by atoms with Crippen LogP contribution in [0.25, 0.3) is 0 Å². The maximum Gasteiger partial charge on any atom is 0.531 e. The van der Waals surface area contributed by atoms with E-state index in [1.54, 1.807) is 6.92 Å². The Balaban J connectivity index is 1.89. The standard InChI is InChI=1S/C28H34BN3O8/c1-4-24(34)28(15-25(35)36)16-26(37)39-29(40-28)20(12-18(2)3)14-23(33)21(13-19-8-6-5-7-9-19)32-27(38)22-17-30-10-11-31-22/h5-11,17-18,20-21H,4,12-16H2,1-3H3,(H,32,38)(H,35,36)/t20-,21+,28-/m1/s1. The third kappa shape index (κ3) is 8.29. The van der Waals surface area contributed by atoms with Crippen LogP contribution < -0.4 is 5.32 Å². The minimum Gasteiger partial charge on any atom is -0.509 e. The number of hydrogen-bond donors (Lipinski definition) is 2. The second-order valence-electron chi connectivity index (χ2n) is 10.4. The van der Waals surface area contributed by atoms with Crippen LogP contribution in [0.2, 0.25) is 5.82 Å². The molecule has 0 bridgehead atoms. The fraction of sp³-hybridized carbons (Fsp3) is 0.464. The zero-order valence-corrected chi connectivity index (χ0v) is 22.9. The Morgan fingerprint density at radius 2 is 1.88 bits per heavy atom. The Morgan fingerprint density at radius 1 is 1.15 bits per heavy atom. The molecule has 1 amide bonds. The predicted molar refractivity (Wildman–Crippen MR) is 144 cm³/mol. The second kappa shape index (κ2) is 13.9. The number of nitrogens with one attached hydrogen (secondary N) is 1. The monoisotopic (exact) mass is 551 g/mol. The Labute approximate surface area is 233 Å². The highest BCUT2D eigenvalue weighted by Gasteiger charge is 2.53. The number of Topliss-reactive ketones (excluding diaryl/α,β-unsaturated/α-hetero) is 2. The SMILES string of the molecule is CCC(=O)[C@@]1(CC(=O)O)CC(=O)OB([C@@H](CC(=O)[C@H](Cc2ccccc2)NC(=O)c2cnccn2)CC(C)C)O1. The normalized spacial score (nSPS) is 18.5. The van der Waals surface area contributed by atoms with Crippen LogP contribution in [0.15, 0.2) is 48.9 Å². The van der Waals surface area contributed by atoms with Gasteiger partial charge >= 0.3 is 13.1 Å². The number of rotatable bonds is 14. The molecule has 1 saturated heterocycles. The van der Waals surface area contributed by atoms with E-state index in [-0.39, 0.29) is 36.7 Å². The average Bonchev–Trinajstić information content (AvgIpc) is 2.91.